The van der Waals surface area contributed by atoms with E-state index in [2.05, 4.69) is 5.32 Å². The highest BCUT2D eigenvalue weighted by Crippen LogP contribution is 2.37. The number of hydrogen-bond donors (Lipinski definition) is 2. The van der Waals surface area contributed by atoms with Crippen LogP contribution in [-0.4, -0.2) is 41.7 Å². The van der Waals surface area contributed by atoms with Crippen LogP contribution in [0.5, 0.6) is 0 Å². The van der Waals surface area contributed by atoms with Crippen LogP contribution in [0.3, 0.4) is 0 Å². The van der Waals surface area contributed by atoms with Gasteiger partial charge >= 0.3 is 12.4 Å². The quantitative estimate of drug-likeness (QED) is 0.543. The first-order chi connectivity index (χ1) is 14.5. The van der Waals surface area contributed by atoms with E-state index in [1.807, 2.05) is 0 Å². The van der Waals surface area contributed by atoms with E-state index in [0.717, 1.165) is 44.2 Å². The molecule has 3 nitrogen and oxygen atoms in total. The molecule has 0 heterocycles. The normalized spacial score (nSPS) is 26.9. The van der Waals surface area contributed by atoms with Gasteiger partial charge in [-0.2, -0.15) is 26.3 Å². The lowest BCUT2D eigenvalue weighted by Gasteiger charge is -2.43. The molecule has 3 atom stereocenters. The lowest BCUT2D eigenvalue weighted by molar-refractivity contribution is -0.203. The predicted molar refractivity (Wildman–Crippen MR) is 104 cm³/mol. The summed E-state index contributed by atoms with van der Waals surface area (Å²) in [6.45, 7) is -0.710. The molecule has 176 valence electrons. The zero-order valence-corrected chi connectivity index (χ0v) is 17.2. The van der Waals surface area contributed by atoms with Crippen molar-refractivity contribution in [3.63, 3.8) is 0 Å². The topological polar surface area (TPSA) is 41.5 Å². The minimum Gasteiger partial charge on any atom is -0.382 e. The summed E-state index contributed by atoms with van der Waals surface area (Å²) < 4.78 is 84.1. The van der Waals surface area contributed by atoms with Crippen molar-refractivity contribution in [2.75, 3.05) is 6.54 Å². The van der Waals surface area contributed by atoms with E-state index in [0.29, 0.717) is 24.8 Å². The van der Waals surface area contributed by atoms with E-state index in [4.69, 9.17) is 4.74 Å². The Morgan fingerprint density at radius 1 is 1.03 bits per heavy atom. The smallest absolute Gasteiger partial charge is 0.382 e. The number of alkyl halides is 6. The number of benzene rings is 1. The van der Waals surface area contributed by atoms with Gasteiger partial charge in [0, 0.05) is 12.1 Å². The average Bonchev–Trinajstić information content (AvgIpc) is 3.18. The van der Waals surface area contributed by atoms with Crippen molar-refractivity contribution < 1.29 is 36.2 Å². The van der Waals surface area contributed by atoms with Gasteiger partial charge in [0.25, 0.3) is 0 Å². The van der Waals surface area contributed by atoms with Gasteiger partial charge in [0.2, 0.25) is 0 Å². The van der Waals surface area contributed by atoms with Gasteiger partial charge in [-0.25, -0.2) is 0 Å². The molecule has 0 amide bonds. The van der Waals surface area contributed by atoms with E-state index >= 15 is 0 Å². The van der Waals surface area contributed by atoms with Crippen molar-refractivity contribution in [3.05, 3.63) is 35.4 Å². The molecule has 2 aliphatic carbocycles. The van der Waals surface area contributed by atoms with Crippen molar-refractivity contribution in [1.29, 1.82) is 0 Å². The molecule has 1 aromatic rings. The van der Waals surface area contributed by atoms with Crippen molar-refractivity contribution in [2.45, 2.75) is 94.0 Å². The van der Waals surface area contributed by atoms with Crippen LogP contribution in [0, 0.1) is 0 Å². The van der Waals surface area contributed by atoms with Crippen molar-refractivity contribution in [2.24, 2.45) is 0 Å². The molecule has 2 N–H and O–H groups in total. The van der Waals surface area contributed by atoms with Crippen molar-refractivity contribution >= 4 is 0 Å². The van der Waals surface area contributed by atoms with Gasteiger partial charge in [0.15, 0.2) is 6.10 Å². The molecule has 3 unspecified atom stereocenters. The zero-order valence-electron chi connectivity index (χ0n) is 17.2. The maximum absolute atomic E-state index is 13.1. The SMILES string of the molecule is OC(CNC1(Cc2cccc(C(F)(F)F)c2)CCCC(OC2CCCC2)C1)C(F)(F)F. The average molecular weight is 453 g/mol. The Morgan fingerprint density at radius 3 is 2.35 bits per heavy atom. The lowest BCUT2D eigenvalue weighted by Crippen LogP contribution is -2.55. The predicted octanol–water partition coefficient (Wildman–Crippen LogP) is 5.40. The Labute approximate surface area is 178 Å². The largest absolute Gasteiger partial charge is 0.416 e. The van der Waals surface area contributed by atoms with E-state index < -0.39 is 36.1 Å². The molecule has 0 bridgehead atoms. The third-order valence-electron chi connectivity index (χ3n) is 6.33. The van der Waals surface area contributed by atoms with E-state index in [9.17, 15) is 31.4 Å². The first-order valence-electron chi connectivity index (χ1n) is 10.8. The summed E-state index contributed by atoms with van der Waals surface area (Å²) in [6.07, 6.45) is -5.27. The molecule has 0 saturated heterocycles. The monoisotopic (exact) mass is 453 g/mol. The van der Waals surface area contributed by atoms with Gasteiger partial charge in [-0.15, -0.1) is 0 Å². The summed E-state index contributed by atoms with van der Waals surface area (Å²) in [7, 11) is 0. The molecular weight excluding hydrogens is 424 g/mol. The minimum absolute atomic E-state index is 0.131. The second-order valence-electron chi connectivity index (χ2n) is 8.85. The standard InChI is InChI=1S/C22H29F6NO2/c23-21(24,25)16-6-3-5-15(11-16)12-20(29-14-19(30)22(26,27)28)10-4-9-18(13-20)31-17-7-1-2-8-17/h3,5-6,11,17-19,29-30H,1-2,4,7-10,12-14H2. The van der Waals surface area contributed by atoms with Gasteiger partial charge in [0.05, 0.1) is 17.8 Å². The van der Waals surface area contributed by atoms with Crippen LogP contribution in [-0.2, 0) is 17.3 Å². The second kappa shape index (κ2) is 9.67. The highest BCUT2D eigenvalue weighted by Gasteiger charge is 2.43. The van der Waals surface area contributed by atoms with Crippen LogP contribution >= 0.6 is 0 Å². The summed E-state index contributed by atoms with van der Waals surface area (Å²) in [5, 5.41) is 12.3. The van der Waals surface area contributed by atoms with Crippen LogP contribution in [0.1, 0.15) is 62.5 Å². The summed E-state index contributed by atoms with van der Waals surface area (Å²) in [5.74, 6) is 0. The summed E-state index contributed by atoms with van der Waals surface area (Å²) in [6, 6.07) is 4.89. The Morgan fingerprint density at radius 2 is 1.71 bits per heavy atom. The molecule has 0 aromatic heterocycles. The van der Waals surface area contributed by atoms with E-state index in [1.165, 1.54) is 6.07 Å². The Hall–Kier alpha value is -1.32. The number of aliphatic hydroxyl groups excluding tert-OH is 1. The van der Waals surface area contributed by atoms with Crippen LogP contribution < -0.4 is 5.32 Å². The fourth-order valence-corrected chi connectivity index (χ4v) is 4.78. The molecule has 31 heavy (non-hydrogen) atoms. The fraction of sp³-hybridized carbons (Fsp3) is 0.727. The second-order valence-corrected chi connectivity index (χ2v) is 8.85. The molecule has 0 spiro atoms. The molecule has 2 fully saturated rings. The van der Waals surface area contributed by atoms with E-state index in [1.54, 1.807) is 6.07 Å². The number of hydrogen-bond acceptors (Lipinski definition) is 3. The van der Waals surface area contributed by atoms with Crippen molar-refractivity contribution in [3.8, 4) is 0 Å². The van der Waals surface area contributed by atoms with Crippen molar-refractivity contribution in [1.82, 2.24) is 5.32 Å². The molecule has 3 rings (SSSR count). The lowest BCUT2D eigenvalue weighted by atomic mass is 9.75. The number of rotatable bonds is 7. The highest BCUT2D eigenvalue weighted by molar-refractivity contribution is 5.27. The number of aliphatic hydroxyl groups is 1. The summed E-state index contributed by atoms with van der Waals surface area (Å²) in [5.41, 5.74) is -1.27. The molecule has 9 heteroatoms. The summed E-state index contributed by atoms with van der Waals surface area (Å²) in [4.78, 5) is 0. The molecule has 0 aliphatic heterocycles. The highest BCUT2D eigenvalue weighted by atomic mass is 19.4. The number of nitrogens with one attached hydrogen (secondary N) is 1. The Kier molecular flexibility index (Phi) is 7.58. The van der Waals surface area contributed by atoms with Gasteiger partial charge in [-0.1, -0.05) is 31.0 Å². The van der Waals surface area contributed by atoms with Gasteiger partial charge in [-0.3, -0.25) is 0 Å². The zero-order chi connectivity index (χ0) is 22.7. The third-order valence-corrected chi connectivity index (χ3v) is 6.33. The Balaban J connectivity index is 1.78. The molecule has 1 aromatic carbocycles. The maximum Gasteiger partial charge on any atom is 0.416 e. The first-order valence-corrected chi connectivity index (χ1v) is 10.8. The van der Waals surface area contributed by atoms with Crippen LogP contribution in [0.2, 0.25) is 0 Å². The molecule has 2 saturated carbocycles. The first kappa shape index (κ1) is 24.3. The van der Waals surface area contributed by atoms with Crippen LogP contribution in [0.25, 0.3) is 0 Å². The van der Waals surface area contributed by atoms with E-state index in [-0.39, 0.29) is 18.6 Å². The molecule has 2 aliphatic rings. The Bertz CT molecular complexity index is 717. The molecular formula is C22H29F6NO2. The molecule has 0 radical (unpaired) electrons. The van der Waals surface area contributed by atoms with Gasteiger partial charge in [-0.05, 0) is 56.6 Å². The third kappa shape index (κ3) is 6.83. The number of halogens is 6. The number of β-amino-alcohol motifs (C(OH)–C–C–N with tert-alkyl or cyclic N) is 1. The van der Waals surface area contributed by atoms with Crippen LogP contribution in [0.4, 0.5) is 26.3 Å². The fourth-order valence-electron chi connectivity index (χ4n) is 4.78. The minimum atomic E-state index is -4.77. The van der Waals surface area contributed by atoms with Crippen LogP contribution in [0.15, 0.2) is 24.3 Å². The maximum atomic E-state index is 13.1. The van der Waals surface area contributed by atoms with Gasteiger partial charge in [0.1, 0.15) is 0 Å². The van der Waals surface area contributed by atoms with Gasteiger partial charge < -0.3 is 15.2 Å². The summed E-state index contributed by atoms with van der Waals surface area (Å²) >= 11 is 0. The number of ether oxygens (including phenoxy) is 1.